The molecule has 0 spiro atoms. The van der Waals surface area contributed by atoms with E-state index in [0.29, 0.717) is 11.8 Å². The lowest BCUT2D eigenvalue weighted by molar-refractivity contribution is 0.870. The molecule has 0 saturated heterocycles. The van der Waals surface area contributed by atoms with Crippen molar-refractivity contribution in [2.75, 3.05) is 0 Å². The Balaban J connectivity index is 0.000000151. The van der Waals surface area contributed by atoms with E-state index in [9.17, 15) is 0 Å². The second-order valence-corrected chi connectivity index (χ2v) is 6.87. The third-order valence-electron chi connectivity index (χ3n) is 4.35. The molecule has 0 aromatic carbocycles. The normalized spacial score (nSPS) is 11.0. The Kier molecular flexibility index (Phi) is 5.52. The molecule has 4 aromatic rings. The first-order valence-electron chi connectivity index (χ1n) is 8.96. The van der Waals surface area contributed by atoms with Crippen molar-refractivity contribution < 1.29 is 0 Å². The lowest BCUT2D eigenvalue weighted by atomic mass is 10.0. The molecule has 0 amide bonds. The first-order valence-corrected chi connectivity index (χ1v) is 8.96. The monoisotopic (exact) mass is 344 g/mol. The molecule has 0 aliphatic rings. The van der Waals surface area contributed by atoms with Crippen molar-refractivity contribution in [3.8, 4) is 0 Å². The van der Waals surface area contributed by atoms with Gasteiger partial charge in [-0.15, -0.1) is 0 Å². The molecule has 0 atom stereocenters. The predicted octanol–water partition coefficient (Wildman–Crippen LogP) is 5.51. The highest BCUT2D eigenvalue weighted by Crippen LogP contribution is 2.22. The van der Waals surface area contributed by atoms with E-state index in [-0.39, 0.29) is 0 Å². The van der Waals surface area contributed by atoms with Crippen molar-refractivity contribution in [1.82, 2.24) is 19.9 Å². The van der Waals surface area contributed by atoms with Gasteiger partial charge in [-0.05, 0) is 53.3 Å². The first-order chi connectivity index (χ1) is 12.6. The maximum atomic E-state index is 4.34. The molecule has 0 unspecified atom stereocenters. The zero-order chi connectivity index (χ0) is 18.5. The second-order valence-electron chi connectivity index (χ2n) is 6.87. The van der Waals surface area contributed by atoms with Gasteiger partial charge < -0.3 is 0 Å². The van der Waals surface area contributed by atoms with Gasteiger partial charge in [0, 0.05) is 36.4 Å². The van der Waals surface area contributed by atoms with Crippen LogP contribution in [-0.4, -0.2) is 19.9 Å². The van der Waals surface area contributed by atoms with Crippen molar-refractivity contribution in [3.63, 3.8) is 0 Å². The van der Waals surface area contributed by atoms with E-state index >= 15 is 0 Å². The fourth-order valence-corrected chi connectivity index (χ4v) is 2.98. The topological polar surface area (TPSA) is 51.6 Å². The van der Waals surface area contributed by atoms with Gasteiger partial charge in [0.2, 0.25) is 0 Å². The molecular weight excluding hydrogens is 320 g/mol. The van der Waals surface area contributed by atoms with E-state index in [1.807, 2.05) is 49.1 Å². The zero-order valence-electron chi connectivity index (χ0n) is 15.7. The molecule has 4 rings (SSSR count). The molecule has 4 aromatic heterocycles. The Morgan fingerprint density at radius 3 is 2.08 bits per heavy atom. The van der Waals surface area contributed by atoms with Crippen LogP contribution in [0.3, 0.4) is 0 Å². The summed E-state index contributed by atoms with van der Waals surface area (Å²) in [6.45, 7) is 8.70. The molecule has 4 heteroatoms. The minimum Gasteiger partial charge on any atom is -0.264 e. The summed E-state index contributed by atoms with van der Waals surface area (Å²) in [6.07, 6.45) is 9.18. The summed E-state index contributed by atoms with van der Waals surface area (Å²) in [6, 6.07) is 9.96. The molecule has 4 heterocycles. The summed E-state index contributed by atoms with van der Waals surface area (Å²) in [5, 5.41) is 1.17. The van der Waals surface area contributed by atoms with Crippen molar-refractivity contribution in [2.45, 2.75) is 39.5 Å². The van der Waals surface area contributed by atoms with Crippen LogP contribution in [0, 0.1) is 0 Å². The summed E-state index contributed by atoms with van der Waals surface area (Å²) in [7, 11) is 0. The van der Waals surface area contributed by atoms with Gasteiger partial charge in [0.15, 0.2) is 0 Å². The maximum Gasteiger partial charge on any atom is 0.0921 e. The zero-order valence-corrected chi connectivity index (χ0v) is 15.7. The highest BCUT2D eigenvalue weighted by Gasteiger charge is 2.05. The highest BCUT2D eigenvalue weighted by molar-refractivity contribution is 5.81. The molecule has 0 saturated carbocycles. The molecule has 0 radical (unpaired) electrons. The Morgan fingerprint density at radius 2 is 1.35 bits per heavy atom. The number of pyridine rings is 4. The summed E-state index contributed by atoms with van der Waals surface area (Å²) in [5.41, 5.74) is 5.62. The van der Waals surface area contributed by atoms with Gasteiger partial charge in [-0.25, -0.2) is 0 Å². The first kappa shape index (κ1) is 17.9. The van der Waals surface area contributed by atoms with Crippen molar-refractivity contribution in [3.05, 3.63) is 72.4 Å². The van der Waals surface area contributed by atoms with Crippen LogP contribution in [0.4, 0.5) is 0 Å². The fourth-order valence-electron chi connectivity index (χ4n) is 2.98. The number of nitrogens with zero attached hydrogens (tertiary/aromatic N) is 4. The Hall–Kier alpha value is -2.88. The van der Waals surface area contributed by atoms with Crippen molar-refractivity contribution >= 4 is 21.9 Å². The molecule has 0 aliphatic heterocycles. The largest absolute Gasteiger partial charge is 0.264 e. The van der Waals surface area contributed by atoms with Gasteiger partial charge >= 0.3 is 0 Å². The smallest absolute Gasteiger partial charge is 0.0921 e. The highest BCUT2D eigenvalue weighted by atomic mass is 14.7. The van der Waals surface area contributed by atoms with Crippen LogP contribution >= 0.6 is 0 Å². The maximum absolute atomic E-state index is 4.34. The number of hydrogen-bond acceptors (Lipinski definition) is 4. The second kappa shape index (κ2) is 8.00. The number of rotatable bonds is 2. The molecule has 132 valence electrons. The minimum absolute atomic E-state index is 0.500. The van der Waals surface area contributed by atoms with Crippen LogP contribution in [0.2, 0.25) is 0 Å². The van der Waals surface area contributed by atoms with Crippen LogP contribution in [0.15, 0.2) is 61.3 Å². The van der Waals surface area contributed by atoms with Crippen LogP contribution in [0.1, 0.15) is 50.7 Å². The van der Waals surface area contributed by atoms with Gasteiger partial charge in [0.1, 0.15) is 0 Å². The van der Waals surface area contributed by atoms with Crippen LogP contribution in [0.25, 0.3) is 21.9 Å². The van der Waals surface area contributed by atoms with E-state index in [1.165, 1.54) is 16.5 Å². The van der Waals surface area contributed by atoms with E-state index < -0.39 is 0 Å². The molecule has 0 aliphatic carbocycles. The van der Waals surface area contributed by atoms with Gasteiger partial charge in [-0.2, -0.15) is 0 Å². The third-order valence-corrected chi connectivity index (χ3v) is 4.35. The standard InChI is InChI=1S/2C11H12N2/c1-8(2)9-3-6-13-11-4-5-12-7-10(9)11;1-8(2)9-5-7-12-10-4-3-6-13-11(9)10/h2*3-8H,1-2H3. The molecule has 0 fully saturated rings. The Bertz CT molecular complexity index is 915. The molecule has 4 nitrogen and oxygen atoms in total. The molecule has 0 bridgehead atoms. The summed E-state index contributed by atoms with van der Waals surface area (Å²) in [5.74, 6) is 1.02. The number of fused-ring (bicyclic) bond motifs is 2. The summed E-state index contributed by atoms with van der Waals surface area (Å²) < 4.78 is 0. The van der Waals surface area contributed by atoms with E-state index in [4.69, 9.17) is 0 Å². The Morgan fingerprint density at radius 1 is 0.654 bits per heavy atom. The third kappa shape index (κ3) is 3.85. The Labute approximate surface area is 154 Å². The van der Waals surface area contributed by atoms with Gasteiger partial charge in [0.25, 0.3) is 0 Å². The van der Waals surface area contributed by atoms with E-state index in [1.54, 1.807) is 6.20 Å². The predicted molar refractivity (Wildman–Crippen MR) is 107 cm³/mol. The van der Waals surface area contributed by atoms with E-state index in [0.717, 1.165) is 16.6 Å². The van der Waals surface area contributed by atoms with Gasteiger partial charge in [-0.1, -0.05) is 27.7 Å². The van der Waals surface area contributed by atoms with Crippen molar-refractivity contribution in [2.24, 2.45) is 0 Å². The van der Waals surface area contributed by atoms with Gasteiger partial charge in [-0.3, -0.25) is 19.9 Å². The number of aromatic nitrogens is 4. The quantitative estimate of drug-likeness (QED) is 0.481. The molecular formula is C22H24N4. The van der Waals surface area contributed by atoms with Crippen molar-refractivity contribution in [1.29, 1.82) is 0 Å². The summed E-state index contributed by atoms with van der Waals surface area (Å²) in [4.78, 5) is 17.0. The minimum atomic E-state index is 0.500. The average molecular weight is 344 g/mol. The van der Waals surface area contributed by atoms with Crippen LogP contribution in [0.5, 0.6) is 0 Å². The molecule has 0 N–H and O–H groups in total. The fraction of sp³-hybridized carbons (Fsp3) is 0.273. The number of hydrogen-bond donors (Lipinski definition) is 0. The van der Waals surface area contributed by atoms with Gasteiger partial charge in [0.05, 0.1) is 16.6 Å². The summed E-state index contributed by atoms with van der Waals surface area (Å²) >= 11 is 0. The average Bonchev–Trinajstić information content (AvgIpc) is 2.67. The van der Waals surface area contributed by atoms with Crippen LogP contribution < -0.4 is 0 Å². The lowest BCUT2D eigenvalue weighted by Gasteiger charge is -2.07. The molecule has 26 heavy (non-hydrogen) atoms. The van der Waals surface area contributed by atoms with Crippen LogP contribution in [-0.2, 0) is 0 Å². The lowest BCUT2D eigenvalue weighted by Crippen LogP contribution is -1.92. The SMILES string of the molecule is CC(C)c1ccnc2cccnc12.CC(C)c1ccnc2ccncc12. The van der Waals surface area contributed by atoms with E-state index in [2.05, 4.69) is 53.7 Å².